The van der Waals surface area contributed by atoms with Crippen molar-refractivity contribution in [2.24, 2.45) is 17.8 Å². The molecule has 0 spiro atoms. The second-order valence-electron chi connectivity index (χ2n) is 9.56. The van der Waals surface area contributed by atoms with Crippen LogP contribution in [-0.2, 0) is 14.4 Å². The van der Waals surface area contributed by atoms with Crippen molar-refractivity contribution in [2.45, 2.75) is 78.9 Å². The first kappa shape index (κ1) is 28.5. The Labute approximate surface area is 214 Å². The number of thiocarbonyl (C=S) groups is 1. The molecule has 0 fully saturated rings. The molecule has 8 heteroatoms. The summed E-state index contributed by atoms with van der Waals surface area (Å²) in [6, 6.07) is 5.71. The van der Waals surface area contributed by atoms with Gasteiger partial charge in [-0.1, -0.05) is 97.3 Å². The van der Waals surface area contributed by atoms with Gasteiger partial charge in [0, 0.05) is 11.6 Å². The highest BCUT2D eigenvalue weighted by Crippen LogP contribution is 2.32. The van der Waals surface area contributed by atoms with Crippen LogP contribution in [0.15, 0.2) is 30.3 Å². The number of benzene rings is 1. The lowest BCUT2D eigenvalue weighted by Gasteiger charge is -2.34. The van der Waals surface area contributed by atoms with Gasteiger partial charge >= 0.3 is 5.97 Å². The van der Waals surface area contributed by atoms with Crippen molar-refractivity contribution in [3.05, 3.63) is 41.5 Å². The van der Waals surface area contributed by atoms with E-state index in [1.807, 2.05) is 45.0 Å². The molecule has 2 rings (SSSR count). The zero-order chi connectivity index (χ0) is 26.3. The molecule has 1 aliphatic rings. The smallest absolute Gasteiger partial charge is 0.326 e. The number of rotatable bonds is 11. The average molecular weight is 502 g/mol. The molecule has 0 saturated heterocycles. The summed E-state index contributed by atoms with van der Waals surface area (Å²) in [6.45, 7) is 11.7. The van der Waals surface area contributed by atoms with Gasteiger partial charge in [-0.3, -0.25) is 9.59 Å². The Morgan fingerprint density at radius 3 is 2.09 bits per heavy atom. The van der Waals surface area contributed by atoms with Crippen molar-refractivity contribution in [1.82, 2.24) is 16.0 Å². The number of fused-ring (bicyclic) bond motifs is 1. The quantitative estimate of drug-likeness (QED) is 0.271. The van der Waals surface area contributed by atoms with Crippen molar-refractivity contribution in [3.8, 4) is 0 Å². The zero-order valence-corrected chi connectivity index (χ0v) is 22.4. The van der Waals surface area contributed by atoms with Crippen LogP contribution in [0.5, 0.6) is 0 Å². The minimum atomic E-state index is -1.08. The number of carbonyl (C=O) groups is 3. The Morgan fingerprint density at radius 2 is 1.54 bits per heavy atom. The lowest BCUT2D eigenvalue weighted by molar-refractivity contribution is -0.144. The van der Waals surface area contributed by atoms with Crippen LogP contribution >= 0.6 is 12.2 Å². The third-order valence-electron chi connectivity index (χ3n) is 7.17. The normalized spacial score (nSPS) is 20.6. The Morgan fingerprint density at radius 1 is 0.971 bits per heavy atom. The fraction of sp³-hybridized carbons (Fsp3) is 0.556. The summed E-state index contributed by atoms with van der Waals surface area (Å²) in [5, 5.41) is 18.5. The number of carboxylic acids is 1. The molecule has 1 aliphatic heterocycles. The summed E-state index contributed by atoms with van der Waals surface area (Å²) in [5.74, 6) is -2.16. The molecule has 1 aromatic carbocycles. The monoisotopic (exact) mass is 501 g/mol. The lowest BCUT2D eigenvalue weighted by Crippen LogP contribution is -2.55. The maximum Gasteiger partial charge on any atom is 0.326 e. The fourth-order valence-electron chi connectivity index (χ4n) is 4.21. The SMILES string of the molecule is CC[C@H](C)[C@H](NC(=O)[C@@H](NC(=O)C=C1c2ccccc2C(=S)N[C@H]1[C@@H](C)CC)[C@@H](C)CC)C(=O)O. The van der Waals surface area contributed by atoms with Crippen molar-refractivity contribution in [1.29, 1.82) is 0 Å². The van der Waals surface area contributed by atoms with Crippen molar-refractivity contribution in [3.63, 3.8) is 0 Å². The highest BCUT2D eigenvalue weighted by atomic mass is 32.1. The molecule has 4 N–H and O–H groups in total. The van der Waals surface area contributed by atoms with Crippen LogP contribution in [-0.4, -0.2) is 46.0 Å². The van der Waals surface area contributed by atoms with E-state index in [9.17, 15) is 19.5 Å². The standard InChI is InChI=1S/C27H39N3O4S/c1-7-15(4)22-20(18-12-10-11-13-19(18)26(35)30-22)14-21(31)28-23(16(5)8-2)25(32)29-24(27(33)34)17(6)9-3/h10-17,22-24H,7-9H2,1-6H3,(H,28,31)(H,29,32)(H,30,35)(H,33,34)/t15-,16-,17-,22-,23-,24-/m0/s1. The Kier molecular flexibility index (Phi) is 10.4. The van der Waals surface area contributed by atoms with Gasteiger partial charge in [-0.2, -0.15) is 0 Å². The molecule has 0 bridgehead atoms. The number of aliphatic carboxylic acids is 1. The van der Waals surface area contributed by atoms with Gasteiger partial charge in [0.05, 0.1) is 6.04 Å². The fourth-order valence-corrected chi connectivity index (χ4v) is 4.52. The molecule has 192 valence electrons. The van der Waals surface area contributed by atoms with Gasteiger partial charge in [0.15, 0.2) is 0 Å². The van der Waals surface area contributed by atoms with E-state index in [-0.39, 0.29) is 23.8 Å². The summed E-state index contributed by atoms with van der Waals surface area (Å²) in [7, 11) is 0. The number of hydrogen-bond donors (Lipinski definition) is 4. The van der Waals surface area contributed by atoms with Gasteiger partial charge in [-0.25, -0.2) is 4.79 Å². The van der Waals surface area contributed by atoms with Crippen LogP contribution in [0.1, 0.15) is 71.9 Å². The van der Waals surface area contributed by atoms with E-state index < -0.39 is 29.9 Å². The zero-order valence-electron chi connectivity index (χ0n) is 21.6. The Hall–Kier alpha value is -2.74. The molecule has 2 amide bonds. The van der Waals surface area contributed by atoms with E-state index in [1.54, 1.807) is 13.0 Å². The van der Waals surface area contributed by atoms with Crippen LogP contribution in [0.2, 0.25) is 0 Å². The van der Waals surface area contributed by atoms with Crippen molar-refractivity contribution >= 4 is 40.6 Å². The van der Waals surface area contributed by atoms with E-state index in [0.29, 0.717) is 17.8 Å². The molecular formula is C27H39N3O4S. The van der Waals surface area contributed by atoms with Crippen LogP contribution in [0.4, 0.5) is 0 Å². The summed E-state index contributed by atoms with van der Waals surface area (Å²) < 4.78 is 0. The van der Waals surface area contributed by atoms with E-state index >= 15 is 0 Å². The largest absolute Gasteiger partial charge is 0.480 e. The second kappa shape index (κ2) is 12.8. The minimum absolute atomic E-state index is 0.134. The third kappa shape index (κ3) is 6.90. The molecule has 1 heterocycles. The molecule has 0 aromatic heterocycles. The number of carboxylic acid groups (broad SMARTS) is 1. The molecule has 0 saturated carbocycles. The van der Waals surface area contributed by atoms with Crippen molar-refractivity contribution < 1.29 is 19.5 Å². The van der Waals surface area contributed by atoms with Gasteiger partial charge < -0.3 is 21.1 Å². The lowest BCUT2D eigenvalue weighted by atomic mass is 9.83. The van der Waals surface area contributed by atoms with E-state index in [0.717, 1.165) is 23.1 Å². The molecule has 0 unspecified atom stereocenters. The van der Waals surface area contributed by atoms with Crippen LogP contribution in [0.3, 0.4) is 0 Å². The molecule has 35 heavy (non-hydrogen) atoms. The van der Waals surface area contributed by atoms with E-state index in [2.05, 4.69) is 29.8 Å². The van der Waals surface area contributed by atoms with Gasteiger partial charge in [-0.15, -0.1) is 0 Å². The second-order valence-corrected chi connectivity index (χ2v) is 9.97. The predicted octanol–water partition coefficient (Wildman–Crippen LogP) is 3.91. The minimum Gasteiger partial charge on any atom is -0.480 e. The molecule has 0 radical (unpaired) electrons. The van der Waals surface area contributed by atoms with Gasteiger partial charge in [0.2, 0.25) is 11.8 Å². The van der Waals surface area contributed by atoms with Gasteiger partial charge in [-0.05, 0) is 28.9 Å². The summed E-state index contributed by atoms with van der Waals surface area (Å²) in [4.78, 5) is 38.8. The van der Waals surface area contributed by atoms with Crippen LogP contribution in [0, 0.1) is 17.8 Å². The highest BCUT2D eigenvalue weighted by molar-refractivity contribution is 7.80. The van der Waals surface area contributed by atoms with Crippen LogP contribution in [0.25, 0.3) is 5.57 Å². The maximum atomic E-state index is 13.3. The predicted molar refractivity (Wildman–Crippen MR) is 143 cm³/mol. The molecule has 6 atom stereocenters. The molecular weight excluding hydrogens is 462 g/mol. The first-order valence-corrected chi connectivity index (χ1v) is 12.9. The summed E-state index contributed by atoms with van der Waals surface area (Å²) in [5.41, 5.74) is 2.60. The molecule has 1 aromatic rings. The molecule has 0 aliphatic carbocycles. The van der Waals surface area contributed by atoms with Crippen LogP contribution < -0.4 is 16.0 Å². The number of hydrogen-bond acceptors (Lipinski definition) is 4. The third-order valence-corrected chi connectivity index (χ3v) is 7.51. The summed E-state index contributed by atoms with van der Waals surface area (Å²) >= 11 is 5.58. The Balaban J connectivity index is 2.37. The maximum absolute atomic E-state index is 13.3. The first-order valence-electron chi connectivity index (χ1n) is 12.5. The number of carbonyl (C=O) groups excluding carboxylic acids is 2. The first-order chi connectivity index (χ1) is 16.5. The summed E-state index contributed by atoms with van der Waals surface area (Å²) in [6.07, 6.45) is 3.70. The molecule has 7 nitrogen and oxygen atoms in total. The van der Waals surface area contributed by atoms with E-state index in [1.165, 1.54) is 0 Å². The number of amides is 2. The number of nitrogens with one attached hydrogen (secondary N) is 3. The topological polar surface area (TPSA) is 108 Å². The average Bonchev–Trinajstić information content (AvgIpc) is 2.85. The highest BCUT2D eigenvalue weighted by Gasteiger charge is 2.33. The van der Waals surface area contributed by atoms with Gasteiger partial charge in [0.25, 0.3) is 0 Å². The Bertz CT molecular complexity index is 977. The van der Waals surface area contributed by atoms with Gasteiger partial charge in [0.1, 0.15) is 17.1 Å². The van der Waals surface area contributed by atoms with E-state index in [4.69, 9.17) is 12.2 Å². The van der Waals surface area contributed by atoms with Crippen molar-refractivity contribution in [2.75, 3.05) is 0 Å².